The first kappa shape index (κ1) is 15.0. The number of anilines is 1. The van der Waals surface area contributed by atoms with Crippen molar-refractivity contribution < 1.29 is 9.18 Å². The summed E-state index contributed by atoms with van der Waals surface area (Å²) < 4.78 is 13.7. The summed E-state index contributed by atoms with van der Waals surface area (Å²) >= 11 is 0. The second-order valence-corrected chi connectivity index (χ2v) is 5.92. The van der Waals surface area contributed by atoms with E-state index in [1.54, 1.807) is 19.1 Å². The second-order valence-electron chi connectivity index (χ2n) is 5.92. The van der Waals surface area contributed by atoms with Crippen molar-refractivity contribution in [3.63, 3.8) is 0 Å². The van der Waals surface area contributed by atoms with Gasteiger partial charge in [-0.05, 0) is 43.4 Å². The van der Waals surface area contributed by atoms with Gasteiger partial charge in [-0.15, -0.1) is 0 Å². The molecule has 0 bridgehead atoms. The van der Waals surface area contributed by atoms with Crippen molar-refractivity contribution in [3.8, 4) is 0 Å². The summed E-state index contributed by atoms with van der Waals surface area (Å²) in [7, 11) is 0. The van der Waals surface area contributed by atoms with Gasteiger partial charge in [-0.25, -0.2) is 4.39 Å². The molecular weight excluding hydrogens is 255 g/mol. The summed E-state index contributed by atoms with van der Waals surface area (Å²) in [4.78, 5) is 12.2. The summed E-state index contributed by atoms with van der Waals surface area (Å²) in [5.41, 5.74) is 6.82. The Morgan fingerprint density at radius 1 is 1.35 bits per heavy atom. The van der Waals surface area contributed by atoms with Crippen LogP contribution in [0.5, 0.6) is 0 Å². The molecule has 3 N–H and O–H groups in total. The number of nitrogens with one attached hydrogen (secondary N) is 1. The maximum atomic E-state index is 13.7. The number of carbonyl (C=O) groups excluding carboxylic acids is 1. The first-order valence-electron chi connectivity index (χ1n) is 7.31. The third-order valence-electron chi connectivity index (χ3n) is 4.37. The van der Waals surface area contributed by atoms with Gasteiger partial charge in [0.25, 0.3) is 0 Å². The van der Waals surface area contributed by atoms with Crippen molar-refractivity contribution in [1.29, 1.82) is 0 Å². The summed E-state index contributed by atoms with van der Waals surface area (Å²) in [5, 5.41) is 2.72. The second kappa shape index (κ2) is 6.35. The zero-order valence-corrected chi connectivity index (χ0v) is 12.0. The fraction of sp³-hybridized carbons (Fsp3) is 0.562. The van der Waals surface area contributed by atoms with Crippen molar-refractivity contribution in [2.45, 2.75) is 45.4 Å². The maximum absolute atomic E-state index is 13.7. The molecule has 0 radical (unpaired) electrons. The van der Waals surface area contributed by atoms with Gasteiger partial charge in [-0.3, -0.25) is 4.79 Å². The van der Waals surface area contributed by atoms with Crippen molar-refractivity contribution in [2.75, 3.05) is 11.9 Å². The molecule has 1 aliphatic carbocycles. The fourth-order valence-corrected chi connectivity index (χ4v) is 3.07. The van der Waals surface area contributed by atoms with Crippen LogP contribution in [0.1, 0.15) is 44.1 Å². The average Bonchev–Trinajstić information content (AvgIpc) is 2.44. The Labute approximate surface area is 119 Å². The summed E-state index contributed by atoms with van der Waals surface area (Å²) in [6.45, 7) is 2.31. The van der Waals surface area contributed by atoms with Crippen LogP contribution in [-0.2, 0) is 4.79 Å². The molecule has 1 aromatic rings. The quantitative estimate of drug-likeness (QED) is 0.887. The lowest BCUT2D eigenvalue weighted by Gasteiger charge is -2.35. The molecular formula is C16H23FN2O. The van der Waals surface area contributed by atoms with Crippen LogP contribution < -0.4 is 11.1 Å². The van der Waals surface area contributed by atoms with Crippen LogP contribution in [0, 0.1) is 18.2 Å². The minimum Gasteiger partial charge on any atom is -0.330 e. The third-order valence-corrected chi connectivity index (χ3v) is 4.37. The molecule has 0 spiro atoms. The molecule has 0 heterocycles. The molecule has 0 aliphatic heterocycles. The number of rotatable bonds is 4. The molecule has 2 rings (SSSR count). The Morgan fingerprint density at radius 2 is 2.05 bits per heavy atom. The van der Waals surface area contributed by atoms with Gasteiger partial charge in [0.1, 0.15) is 5.82 Å². The minimum absolute atomic E-state index is 0.0957. The van der Waals surface area contributed by atoms with Crippen LogP contribution in [0.15, 0.2) is 18.2 Å². The molecule has 1 fully saturated rings. The van der Waals surface area contributed by atoms with Gasteiger partial charge in [-0.2, -0.15) is 0 Å². The topological polar surface area (TPSA) is 55.1 Å². The summed E-state index contributed by atoms with van der Waals surface area (Å²) in [5.74, 6) is -0.519. The lowest BCUT2D eigenvalue weighted by atomic mass is 9.71. The van der Waals surface area contributed by atoms with E-state index in [0.717, 1.165) is 31.2 Å². The third kappa shape index (κ3) is 3.37. The molecule has 3 nitrogen and oxygen atoms in total. The molecule has 0 unspecified atom stereocenters. The first-order valence-corrected chi connectivity index (χ1v) is 7.31. The molecule has 1 aromatic carbocycles. The Hall–Kier alpha value is -1.42. The van der Waals surface area contributed by atoms with Crippen molar-refractivity contribution >= 4 is 11.6 Å². The lowest BCUT2D eigenvalue weighted by molar-refractivity contribution is -0.118. The highest BCUT2D eigenvalue weighted by Gasteiger charge is 2.33. The Morgan fingerprint density at radius 3 is 2.65 bits per heavy atom. The zero-order valence-electron chi connectivity index (χ0n) is 12.0. The summed E-state index contributed by atoms with van der Waals surface area (Å²) in [6.07, 6.45) is 5.85. The van der Waals surface area contributed by atoms with Crippen molar-refractivity contribution in [1.82, 2.24) is 0 Å². The number of para-hydroxylation sites is 1. The number of amides is 1. The molecule has 0 aromatic heterocycles. The van der Waals surface area contributed by atoms with E-state index in [4.69, 9.17) is 5.73 Å². The Balaban J connectivity index is 2.05. The minimum atomic E-state index is -0.385. The van der Waals surface area contributed by atoms with Gasteiger partial charge in [0.2, 0.25) is 5.91 Å². The van der Waals surface area contributed by atoms with E-state index in [-0.39, 0.29) is 17.1 Å². The number of halogens is 1. The number of hydrogen-bond acceptors (Lipinski definition) is 2. The van der Waals surface area contributed by atoms with Crippen LogP contribution in [-0.4, -0.2) is 12.5 Å². The summed E-state index contributed by atoms with van der Waals surface area (Å²) in [6, 6.07) is 4.79. The molecule has 1 saturated carbocycles. The van der Waals surface area contributed by atoms with E-state index >= 15 is 0 Å². The van der Waals surface area contributed by atoms with Crippen LogP contribution >= 0.6 is 0 Å². The van der Waals surface area contributed by atoms with E-state index < -0.39 is 0 Å². The van der Waals surface area contributed by atoms with E-state index in [1.807, 2.05) is 0 Å². The highest BCUT2D eigenvalue weighted by molar-refractivity contribution is 5.92. The SMILES string of the molecule is Cc1cccc(F)c1NC(=O)CC1(CN)CCCCC1. The first-order chi connectivity index (χ1) is 9.56. The van der Waals surface area contributed by atoms with Gasteiger partial charge in [0.05, 0.1) is 5.69 Å². The number of nitrogens with two attached hydrogens (primary N) is 1. The van der Waals surface area contributed by atoms with Gasteiger partial charge in [0.15, 0.2) is 0 Å². The normalized spacial score (nSPS) is 17.8. The van der Waals surface area contributed by atoms with Crippen LogP contribution in [0.4, 0.5) is 10.1 Å². The van der Waals surface area contributed by atoms with E-state index in [1.165, 1.54) is 12.5 Å². The smallest absolute Gasteiger partial charge is 0.225 e. The zero-order chi connectivity index (χ0) is 14.6. The van der Waals surface area contributed by atoms with Gasteiger partial charge in [-0.1, -0.05) is 31.4 Å². The predicted octanol–water partition coefficient (Wildman–Crippen LogP) is 3.37. The lowest BCUT2D eigenvalue weighted by Crippen LogP contribution is -2.36. The monoisotopic (exact) mass is 278 g/mol. The van der Waals surface area contributed by atoms with Crippen molar-refractivity contribution in [2.24, 2.45) is 11.1 Å². The predicted molar refractivity (Wildman–Crippen MR) is 79.0 cm³/mol. The van der Waals surface area contributed by atoms with Crippen LogP contribution in [0.3, 0.4) is 0 Å². The number of hydrogen-bond donors (Lipinski definition) is 2. The highest BCUT2D eigenvalue weighted by atomic mass is 19.1. The van der Waals surface area contributed by atoms with Gasteiger partial charge < -0.3 is 11.1 Å². The number of carbonyl (C=O) groups is 1. The average molecular weight is 278 g/mol. The fourth-order valence-electron chi connectivity index (χ4n) is 3.07. The Bertz CT molecular complexity index is 461. The molecule has 4 heteroatoms. The number of aryl methyl sites for hydroxylation is 1. The molecule has 110 valence electrons. The standard InChI is InChI=1S/C16H23FN2O/c1-12-6-5-7-13(17)15(12)19-14(20)10-16(11-18)8-3-2-4-9-16/h5-7H,2-4,8-11,18H2,1H3,(H,19,20). The van der Waals surface area contributed by atoms with Crippen molar-refractivity contribution in [3.05, 3.63) is 29.6 Å². The Kier molecular flexibility index (Phi) is 4.76. The highest BCUT2D eigenvalue weighted by Crippen LogP contribution is 2.38. The van der Waals surface area contributed by atoms with E-state index in [2.05, 4.69) is 5.32 Å². The van der Waals surface area contributed by atoms with E-state index in [0.29, 0.717) is 18.7 Å². The molecule has 1 aliphatic rings. The maximum Gasteiger partial charge on any atom is 0.225 e. The molecule has 0 saturated heterocycles. The van der Waals surface area contributed by atoms with Gasteiger partial charge >= 0.3 is 0 Å². The van der Waals surface area contributed by atoms with Crippen LogP contribution in [0.25, 0.3) is 0 Å². The van der Waals surface area contributed by atoms with Crippen LogP contribution in [0.2, 0.25) is 0 Å². The largest absolute Gasteiger partial charge is 0.330 e. The molecule has 1 amide bonds. The number of benzene rings is 1. The molecule has 0 atom stereocenters. The molecule has 20 heavy (non-hydrogen) atoms. The van der Waals surface area contributed by atoms with Gasteiger partial charge in [0, 0.05) is 6.42 Å². The van der Waals surface area contributed by atoms with E-state index in [9.17, 15) is 9.18 Å².